The third kappa shape index (κ3) is 3.88. The molecule has 0 spiro atoms. The highest BCUT2D eigenvalue weighted by Crippen LogP contribution is 2.21. The van der Waals surface area contributed by atoms with E-state index < -0.39 is 5.97 Å². The number of carbonyl (C=O) groups excluding carboxylic acids is 1. The van der Waals surface area contributed by atoms with Gasteiger partial charge in [0, 0.05) is 18.3 Å². The van der Waals surface area contributed by atoms with Gasteiger partial charge in [-0.1, -0.05) is 32.0 Å². The summed E-state index contributed by atoms with van der Waals surface area (Å²) >= 11 is 0. The van der Waals surface area contributed by atoms with Gasteiger partial charge in [0.05, 0.1) is 18.5 Å². The number of methoxy groups -OCH3 is 1. The van der Waals surface area contributed by atoms with Crippen molar-refractivity contribution in [2.75, 3.05) is 12.4 Å². The molecule has 0 amide bonds. The van der Waals surface area contributed by atoms with Crippen LogP contribution in [-0.2, 0) is 11.3 Å². The number of nitrogens with one attached hydrogen (secondary N) is 1. The molecule has 0 aliphatic rings. The van der Waals surface area contributed by atoms with Gasteiger partial charge >= 0.3 is 5.97 Å². The van der Waals surface area contributed by atoms with Crippen LogP contribution in [0.5, 0.6) is 0 Å². The highest BCUT2D eigenvalue weighted by Gasteiger charge is 2.14. The quantitative estimate of drug-likeness (QED) is 0.687. The monoisotopic (exact) mass is 351 g/mol. The van der Waals surface area contributed by atoms with Crippen molar-refractivity contribution in [1.82, 2.24) is 20.0 Å². The number of carbonyl (C=O) groups is 1. The lowest BCUT2D eigenvalue weighted by molar-refractivity contribution is 0.0593. The van der Waals surface area contributed by atoms with E-state index in [9.17, 15) is 4.79 Å². The zero-order chi connectivity index (χ0) is 18.5. The number of nitrogens with zero attached hydrogens (tertiary/aromatic N) is 4. The lowest BCUT2D eigenvalue weighted by Gasteiger charge is -2.07. The lowest BCUT2D eigenvalue weighted by atomic mass is 10.1. The lowest BCUT2D eigenvalue weighted by Crippen LogP contribution is -2.08. The normalized spacial score (nSPS) is 10.8. The van der Waals surface area contributed by atoms with E-state index >= 15 is 0 Å². The van der Waals surface area contributed by atoms with Crippen LogP contribution in [0.1, 0.15) is 41.5 Å². The number of esters is 1. The Bertz CT molecular complexity index is 873. The van der Waals surface area contributed by atoms with Gasteiger partial charge < -0.3 is 10.1 Å². The van der Waals surface area contributed by atoms with Crippen molar-refractivity contribution in [1.29, 1.82) is 0 Å². The molecule has 26 heavy (non-hydrogen) atoms. The van der Waals surface area contributed by atoms with Crippen LogP contribution >= 0.6 is 0 Å². The SMILES string of the molecule is COC(=O)c1ccc(NCc2cn(-c3ccccc3)nc2C(C)C)nn1. The molecule has 7 nitrogen and oxygen atoms in total. The van der Waals surface area contributed by atoms with E-state index in [1.807, 2.05) is 41.2 Å². The highest BCUT2D eigenvalue weighted by molar-refractivity contribution is 5.86. The predicted molar refractivity (Wildman–Crippen MR) is 98.4 cm³/mol. The molecule has 134 valence electrons. The molecule has 0 aliphatic carbocycles. The van der Waals surface area contributed by atoms with Crippen LogP contribution in [0.2, 0.25) is 0 Å². The summed E-state index contributed by atoms with van der Waals surface area (Å²) in [6.45, 7) is 4.80. The Morgan fingerprint density at radius 3 is 2.54 bits per heavy atom. The Morgan fingerprint density at radius 2 is 1.92 bits per heavy atom. The molecule has 3 rings (SSSR count). The molecule has 2 aromatic heterocycles. The van der Waals surface area contributed by atoms with Gasteiger partial charge in [-0.2, -0.15) is 5.10 Å². The second kappa shape index (κ2) is 7.77. The molecule has 1 aromatic carbocycles. The van der Waals surface area contributed by atoms with E-state index in [-0.39, 0.29) is 5.69 Å². The summed E-state index contributed by atoms with van der Waals surface area (Å²) in [5.74, 6) is 0.375. The molecular weight excluding hydrogens is 330 g/mol. The largest absolute Gasteiger partial charge is 0.464 e. The minimum absolute atomic E-state index is 0.179. The maximum atomic E-state index is 11.4. The topological polar surface area (TPSA) is 81.9 Å². The first-order chi connectivity index (χ1) is 12.6. The van der Waals surface area contributed by atoms with E-state index in [4.69, 9.17) is 5.10 Å². The molecule has 0 aliphatic heterocycles. The Hall–Kier alpha value is -3.22. The maximum Gasteiger partial charge on any atom is 0.358 e. The van der Waals surface area contributed by atoms with Gasteiger partial charge in [-0.15, -0.1) is 10.2 Å². The van der Waals surface area contributed by atoms with Crippen LogP contribution in [0, 0.1) is 0 Å². The van der Waals surface area contributed by atoms with Gasteiger partial charge in [-0.05, 0) is 30.2 Å². The van der Waals surface area contributed by atoms with E-state index in [1.54, 1.807) is 12.1 Å². The predicted octanol–water partition coefficient (Wildman–Crippen LogP) is 3.18. The number of hydrogen-bond donors (Lipinski definition) is 1. The van der Waals surface area contributed by atoms with Gasteiger partial charge in [-0.3, -0.25) is 0 Å². The minimum atomic E-state index is -0.504. The fourth-order valence-electron chi connectivity index (χ4n) is 2.58. The first-order valence-electron chi connectivity index (χ1n) is 8.38. The summed E-state index contributed by atoms with van der Waals surface area (Å²) in [4.78, 5) is 11.4. The first kappa shape index (κ1) is 17.6. The second-order valence-electron chi connectivity index (χ2n) is 6.12. The van der Waals surface area contributed by atoms with Crippen molar-refractivity contribution >= 4 is 11.8 Å². The van der Waals surface area contributed by atoms with Crippen LogP contribution in [0.25, 0.3) is 5.69 Å². The van der Waals surface area contributed by atoms with Crippen molar-refractivity contribution in [3.8, 4) is 5.69 Å². The number of benzene rings is 1. The second-order valence-corrected chi connectivity index (χ2v) is 6.12. The smallest absolute Gasteiger partial charge is 0.358 e. The van der Waals surface area contributed by atoms with Crippen molar-refractivity contribution in [2.45, 2.75) is 26.3 Å². The molecule has 0 saturated heterocycles. The van der Waals surface area contributed by atoms with Gasteiger partial charge in [0.2, 0.25) is 0 Å². The van der Waals surface area contributed by atoms with Crippen molar-refractivity contribution < 1.29 is 9.53 Å². The molecule has 0 fully saturated rings. The van der Waals surface area contributed by atoms with Crippen molar-refractivity contribution in [2.24, 2.45) is 0 Å². The van der Waals surface area contributed by atoms with Crippen LogP contribution in [0.3, 0.4) is 0 Å². The Balaban J connectivity index is 1.77. The van der Waals surface area contributed by atoms with Crippen LogP contribution in [0.4, 0.5) is 5.82 Å². The highest BCUT2D eigenvalue weighted by atomic mass is 16.5. The number of hydrogen-bond acceptors (Lipinski definition) is 6. The van der Waals surface area contributed by atoms with E-state index in [1.165, 1.54) is 7.11 Å². The fraction of sp³-hybridized carbons (Fsp3) is 0.263. The molecule has 0 radical (unpaired) electrons. The third-order valence-electron chi connectivity index (χ3n) is 3.91. The maximum absolute atomic E-state index is 11.4. The fourth-order valence-corrected chi connectivity index (χ4v) is 2.58. The van der Waals surface area contributed by atoms with Crippen molar-refractivity contribution in [3.63, 3.8) is 0 Å². The van der Waals surface area contributed by atoms with Crippen molar-refractivity contribution in [3.05, 3.63) is 65.6 Å². The molecule has 1 N–H and O–H groups in total. The summed E-state index contributed by atoms with van der Waals surface area (Å²) in [6, 6.07) is 13.3. The van der Waals surface area contributed by atoms with Crippen LogP contribution < -0.4 is 5.32 Å². The standard InChI is InChI=1S/C19H21N5O2/c1-13(2)18-14(12-24(23-18)15-7-5-4-6-8-15)11-20-17-10-9-16(21-22-17)19(25)26-3/h4-10,12-13H,11H2,1-3H3,(H,20,22). The number of anilines is 1. The van der Waals surface area contributed by atoms with Crippen LogP contribution in [0.15, 0.2) is 48.7 Å². The number of aromatic nitrogens is 4. The minimum Gasteiger partial charge on any atom is -0.464 e. The Kier molecular flexibility index (Phi) is 5.26. The number of para-hydroxylation sites is 1. The summed E-state index contributed by atoms with van der Waals surface area (Å²) in [5, 5.41) is 15.8. The molecule has 7 heteroatoms. The molecular formula is C19H21N5O2. The molecule has 0 bridgehead atoms. The molecule has 0 atom stereocenters. The zero-order valence-electron chi connectivity index (χ0n) is 15.0. The molecule has 0 unspecified atom stereocenters. The summed E-state index contributed by atoms with van der Waals surface area (Å²) in [5.41, 5.74) is 3.31. The Labute approximate surface area is 152 Å². The summed E-state index contributed by atoms with van der Waals surface area (Å²) < 4.78 is 6.51. The zero-order valence-corrected chi connectivity index (χ0v) is 15.0. The van der Waals surface area contributed by atoms with Gasteiger partial charge in [0.1, 0.15) is 5.82 Å². The first-order valence-corrected chi connectivity index (χ1v) is 8.38. The van der Waals surface area contributed by atoms with Crippen LogP contribution in [-0.4, -0.2) is 33.1 Å². The number of rotatable bonds is 6. The van der Waals surface area contributed by atoms with E-state index in [2.05, 4.69) is 34.1 Å². The molecule has 2 heterocycles. The van der Waals surface area contributed by atoms with E-state index in [0.717, 1.165) is 16.9 Å². The summed E-state index contributed by atoms with van der Waals surface area (Å²) in [6.07, 6.45) is 2.02. The number of ether oxygens (including phenoxy) is 1. The van der Waals surface area contributed by atoms with E-state index in [0.29, 0.717) is 18.3 Å². The summed E-state index contributed by atoms with van der Waals surface area (Å²) in [7, 11) is 1.31. The molecule has 0 saturated carbocycles. The van der Waals surface area contributed by atoms with Gasteiger partial charge in [0.15, 0.2) is 5.69 Å². The molecule has 3 aromatic rings. The van der Waals surface area contributed by atoms with Gasteiger partial charge in [0.25, 0.3) is 0 Å². The Morgan fingerprint density at radius 1 is 1.15 bits per heavy atom. The average molecular weight is 351 g/mol. The third-order valence-corrected chi connectivity index (χ3v) is 3.91. The van der Waals surface area contributed by atoms with Gasteiger partial charge in [-0.25, -0.2) is 9.48 Å². The average Bonchev–Trinajstić information content (AvgIpc) is 3.11.